The van der Waals surface area contributed by atoms with Crippen molar-refractivity contribution in [1.29, 1.82) is 0 Å². The van der Waals surface area contributed by atoms with E-state index in [4.69, 9.17) is 11.6 Å². The number of hydrogen-bond acceptors (Lipinski definition) is 3. The average molecular weight is 383 g/mol. The Hall–Kier alpha value is -2.86. The smallest absolute Gasteiger partial charge is 0.274 e. The van der Waals surface area contributed by atoms with Crippen molar-refractivity contribution in [1.82, 2.24) is 19.9 Å². The first kappa shape index (κ1) is 17.5. The van der Waals surface area contributed by atoms with E-state index in [-0.39, 0.29) is 11.5 Å². The van der Waals surface area contributed by atoms with E-state index in [0.29, 0.717) is 48.0 Å². The second kappa shape index (κ2) is 7.04. The van der Waals surface area contributed by atoms with E-state index >= 15 is 0 Å². The van der Waals surface area contributed by atoms with Gasteiger partial charge in [-0.05, 0) is 48.7 Å². The molecular weight excluding hydrogens is 364 g/mol. The second-order valence-corrected chi connectivity index (χ2v) is 7.00. The van der Waals surface area contributed by atoms with E-state index < -0.39 is 0 Å². The molecule has 1 aliphatic heterocycles. The first-order valence-electron chi connectivity index (χ1n) is 8.90. The van der Waals surface area contributed by atoms with Crippen LogP contribution in [0.2, 0.25) is 5.02 Å². The van der Waals surface area contributed by atoms with Gasteiger partial charge in [0.15, 0.2) is 0 Å². The van der Waals surface area contributed by atoms with Crippen LogP contribution in [0.15, 0.2) is 41.3 Å². The molecule has 3 aromatic rings. The lowest BCUT2D eigenvalue weighted by molar-refractivity contribution is 0.0727. The minimum absolute atomic E-state index is 0.135. The SMILES string of the molecule is CCc1[nH]c(-c2ccc(Cl)cc2)nc1C(=O)N1CCc2cc[nH]c(=O)c2C1. The van der Waals surface area contributed by atoms with Gasteiger partial charge < -0.3 is 14.9 Å². The normalized spacial score (nSPS) is 13.5. The minimum atomic E-state index is -0.155. The second-order valence-electron chi connectivity index (χ2n) is 6.56. The Labute approximate surface area is 161 Å². The summed E-state index contributed by atoms with van der Waals surface area (Å²) in [5.41, 5.74) is 3.60. The molecule has 0 spiro atoms. The monoisotopic (exact) mass is 382 g/mol. The van der Waals surface area contributed by atoms with Crippen molar-refractivity contribution in [3.8, 4) is 11.4 Å². The standard InChI is InChI=1S/C20H19ClN4O2/c1-2-16-17(24-18(23-16)13-3-5-14(21)6-4-13)20(27)25-10-8-12-7-9-22-19(26)15(12)11-25/h3-7,9H,2,8,10-11H2,1H3,(H,22,26)(H,23,24). The third-order valence-electron chi connectivity index (χ3n) is 4.90. The fourth-order valence-electron chi connectivity index (χ4n) is 3.39. The Morgan fingerprint density at radius 1 is 1.26 bits per heavy atom. The lowest BCUT2D eigenvalue weighted by Crippen LogP contribution is -2.39. The number of aromatic amines is 2. The molecule has 0 saturated carbocycles. The van der Waals surface area contributed by atoms with Crippen molar-refractivity contribution in [2.24, 2.45) is 0 Å². The van der Waals surface area contributed by atoms with Crippen LogP contribution in [0.4, 0.5) is 0 Å². The molecule has 0 bridgehead atoms. The number of imidazole rings is 1. The van der Waals surface area contributed by atoms with Crippen LogP contribution in [0.3, 0.4) is 0 Å². The summed E-state index contributed by atoms with van der Waals surface area (Å²) in [6.45, 7) is 2.85. The van der Waals surface area contributed by atoms with E-state index in [0.717, 1.165) is 16.8 Å². The summed E-state index contributed by atoms with van der Waals surface area (Å²) < 4.78 is 0. The number of hydrogen-bond donors (Lipinski definition) is 2. The summed E-state index contributed by atoms with van der Waals surface area (Å²) in [6, 6.07) is 9.22. The maximum absolute atomic E-state index is 13.1. The molecule has 0 fully saturated rings. The maximum atomic E-state index is 13.1. The van der Waals surface area contributed by atoms with Crippen LogP contribution in [0.5, 0.6) is 0 Å². The molecule has 4 rings (SSSR count). The summed E-state index contributed by atoms with van der Waals surface area (Å²) in [7, 11) is 0. The van der Waals surface area contributed by atoms with Crippen molar-refractivity contribution in [2.45, 2.75) is 26.3 Å². The Bertz CT molecular complexity index is 1050. The Balaban J connectivity index is 1.65. The van der Waals surface area contributed by atoms with E-state index in [1.165, 1.54) is 0 Å². The minimum Gasteiger partial charge on any atom is -0.341 e. The molecule has 1 aliphatic rings. The quantitative estimate of drug-likeness (QED) is 0.729. The van der Waals surface area contributed by atoms with Crippen LogP contribution in [-0.4, -0.2) is 32.3 Å². The lowest BCUT2D eigenvalue weighted by atomic mass is 10.0. The lowest BCUT2D eigenvalue weighted by Gasteiger charge is -2.27. The average Bonchev–Trinajstić information content (AvgIpc) is 3.12. The van der Waals surface area contributed by atoms with Crippen LogP contribution in [0, 0.1) is 0 Å². The number of carbonyl (C=O) groups is 1. The predicted octanol–water partition coefficient (Wildman–Crippen LogP) is 3.18. The number of pyridine rings is 1. The Kier molecular flexibility index (Phi) is 4.58. The molecule has 6 nitrogen and oxygen atoms in total. The topological polar surface area (TPSA) is 81.8 Å². The summed E-state index contributed by atoms with van der Waals surface area (Å²) in [5, 5.41) is 0.648. The highest BCUT2D eigenvalue weighted by atomic mass is 35.5. The van der Waals surface area contributed by atoms with Gasteiger partial charge in [-0.3, -0.25) is 9.59 Å². The maximum Gasteiger partial charge on any atom is 0.274 e. The molecule has 0 radical (unpaired) electrons. The van der Waals surface area contributed by atoms with Crippen LogP contribution in [-0.2, 0) is 19.4 Å². The molecule has 0 unspecified atom stereocenters. The third-order valence-corrected chi connectivity index (χ3v) is 5.15. The molecular formula is C20H19ClN4O2. The van der Waals surface area contributed by atoms with Crippen LogP contribution < -0.4 is 5.56 Å². The number of rotatable bonds is 3. The number of halogens is 1. The fraction of sp³-hybridized carbons (Fsp3) is 0.250. The number of aryl methyl sites for hydroxylation is 1. The van der Waals surface area contributed by atoms with E-state index in [9.17, 15) is 9.59 Å². The molecule has 1 amide bonds. The van der Waals surface area contributed by atoms with Gasteiger partial charge in [-0.2, -0.15) is 0 Å². The van der Waals surface area contributed by atoms with Gasteiger partial charge in [-0.25, -0.2) is 4.98 Å². The van der Waals surface area contributed by atoms with Crippen molar-refractivity contribution < 1.29 is 4.79 Å². The number of aromatic nitrogens is 3. The molecule has 138 valence electrons. The summed E-state index contributed by atoms with van der Waals surface area (Å²) in [6.07, 6.45) is 2.98. The van der Waals surface area contributed by atoms with Crippen molar-refractivity contribution in [3.05, 3.63) is 74.4 Å². The van der Waals surface area contributed by atoms with Crippen molar-refractivity contribution in [2.75, 3.05) is 6.54 Å². The van der Waals surface area contributed by atoms with Gasteiger partial charge in [-0.15, -0.1) is 0 Å². The molecule has 2 aromatic heterocycles. The van der Waals surface area contributed by atoms with E-state index in [1.54, 1.807) is 23.2 Å². The van der Waals surface area contributed by atoms with Gasteiger partial charge in [0.1, 0.15) is 11.5 Å². The zero-order valence-corrected chi connectivity index (χ0v) is 15.6. The number of H-pyrrole nitrogens is 2. The first-order valence-corrected chi connectivity index (χ1v) is 9.28. The van der Waals surface area contributed by atoms with Crippen LogP contribution >= 0.6 is 11.6 Å². The van der Waals surface area contributed by atoms with Gasteiger partial charge in [0, 0.05) is 34.6 Å². The molecule has 7 heteroatoms. The van der Waals surface area contributed by atoms with Crippen molar-refractivity contribution in [3.63, 3.8) is 0 Å². The number of amides is 1. The van der Waals surface area contributed by atoms with Gasteiger partial charge >= 0.3 is 0 Å². The highest BCUT2D eigenvalue weighted by molar-refractivity contribution is 6.30. The molecule has 0 aliphatic carbocycles. The van der Waals surface area contributed by atoms with Gasteiger partial charge in [0.25, 0.3) is 11.5 Å². The number of nitrogens with one attached hydrogen (secondary N) is 2. The zero-order valence-electron chi connectivity index (χ0n) is 14.9. The molecule has 27 heavy (non-hydrogen) atoms. The number of nitrogens with zero attached hydrogens (tertiary/aromatic N) is 2. The van der Waals surface area contributed by atoms with E-state index in [1.807, 2.05) is 25.1 Å². The molecule has 0 atom stereocenters. The van der Waals surface area contributed by atoms with Crippen molar-refractivity contribution >= 4 is 17.5 Å². The molecule has 0 saturated heterocycles. The predicted molar refractivity (Wildman–Crippen MR) is 104 cm³/mol. The summed E-state index contributed by atoms with van der Waals surface area (Å²) in [4.78, 5) is 37.4. The Morgan fingerprint density at radius 2 is 2.04 bits per heavy atom. The highest BCUT2D eigenvalue weighted by Gasteiger charge is 2.27. The number of fused-ring (bicyclic) bond motifs is 1. The van der Waals surface area contributed by atoms with Gasteiger partial charge in [0.05, 0.1) is 6.54 Å². The first-order chi connectivity index (χ1) is 13.1. The summed E-state index contributed by atoms with van der Waals surface area (Å²) in [5.74, 6) is 0.486. The third kappa shape index (κ3) is 3.28. The highest BCUT2D eigenvalue weighted by Crippen LogP contribution is 2.23. The number of carbonyl (C=O) groups excluding carboxylic acids is 1. The Morgan fingerprint density at radius 3 is 2.78 bits per heavy atom. The van der Waals surface area contributed by atoms with Gasteiger partial charge in [-0.1, -0.05) is 18.5 Å². The van der Waals surface area contributed by atoms with Gasteiger partial charge in [0.2, 0.25) is 0 Å². The summed E-state index contributed by atoms with van der Waals surface area (Å²) >= 11 is 5.95. The number of benzene rings is 1. The van der Waals surface area contributed by atoms with Crippen LogP contribution in [0.25, 0.3) is 11.4 Å². The fourth-order valence-corrected chi connectivity index (χ4v) is 3.52. The molecule has 1 aromatic carbocycles. The van der Waals surface area contributed by atoms with Crippen LogP contribution in [0.1, 0.15) is 34.2 Å². The molecule has 2 N–H and O–H groups in total. The zero-order chi connectivity index (χ0) is 19.0. The largest absolute Gasteiger partial charge is 0.341 e. The van der Waals surface area contributed by atoms with E-state index in [2.05, 4.69) is 15.0 Å². The molecule has 3 heterocycles.